The molecule has 0 amide bonds. The van der Waals surface area contributed by atoms with E-state index < -0.39 is 24.0 Å². The number of nitrogens with zero attached hydrogens (tertiary/aromatic N) is 1. The number of carbonyl (C=O) groups excluding carboxylic acids is 2. The van der Waals surface area contributed by atoms with Crippen molar-refractivity contribution in [1.29, 1.82) is 0 Å². The molecule has 0 radical (unpaired) electrons. The molecule has 24 heavy (non-hydrogen) atoms. The van der Waals surface area contributed by atoms with Crippen LogP contribution in [0.25, 0.3) is 10.9 Å². The third-order valence-corrected chi connectivity index (χ3v) is 3.85. The van der Waals surface area contributed by atoms with Crippen molar-refractivity contribution in [3.05, 3.63) is 71.9 Å². The lowest BCUT2D eigenvalue weighted by Crippen LogP contribution is -2.17. The molecule has 3 aromatic rings. The van der Waals surface area contributed by atoms with E-state index in [-0.39, 0.29) is 0 Å². The third kappa shape index (κ3) is 3.25. The molecule has 0 saturated heterocycles. The number of carboxylic acids is 1. The molecule has 0 saturated carbocycles. The van der Waals surface area contributed by atoms with Gasteiger partial charge in [-0.05, 0) is 29.8 Å². The number of rotatable bonds is 6. The van der Waals surface area contributed by atoms with Crippen LogP contribution in [0.1, 0.15) is 22.3 Å². The highest BCUT2D eigenvalue weighted by molar-refractivity contribution is 6.37. The molecule has 1 N–H and O–H groups in total. The van der Waals surface area contributed by atoms with Gasteiger partial charge in [-0.25, -0.2) is 4.79 Å². The van der Waals surface area contributed by atoms with Crippen molar-refractivity contribution in [2.75, 3.05) is 0 Å². The molecule has 0 spiro atoms. The Hall–Kier alpha value is -3.21. The summed E-state index contributed by atoms with van der Waals surface area (Å²) in [5.74, 6) is -3.17. The number of hydrogen-bond acceptors (Lipinski definition) is 3. The van der Waals surface area contributed by atoms with Gasteiger partial charge in [0.25, 0.3) is 0 Å². The van der Waals surface area contributed by atoms with E-state index in [1.54, 1.807) is 12.1 Å². The van der Waals surface area contributed by atoms with Crippen LogP contribution in [0.2, 0.25) is 0 Å². The first-order valence-corrected chi connectivity index (χ1v) is 7.47. The molecule has 0 bridgehead atoms. The van der Waals surface area contributed by atoms with Crippen LogP contribution in [0.4, 0.5) is 0 Å². The van der Waals surface area contributed by atoms with Crippen LogP contribution in [0, 0.1) is 0 Å². The molecule has 5 heteroatoms. The molecular formula is C19H15NO4. The molecular weight excluding hydrogens is 306 g/mol. The van der Waals surface area contributed by atoms with E-state index in [0.29, 0.717) is 5.56 Å². The van der Waals surface area contributed by atoms with Crippen molar-refractivity contribution in [3.63, 3.8) is 0 Å². The minimum atomic E-state index is -1.58. The van der Waals surface area contributed by atoms with E-state index in [9.17, 15) is 14.4 Å². The maximum Gasteiger partial charge on any atom is 0.372 e. The summed E-state index contributed by atoms with van der Waals surface area (Å²) < 4.78 is 2.07. The first kappa shape index (κ1) is 15.7. The summed E-state index contributed by atoms with van der Waals surface area (Å²) in [6.07, 6.45) is 1.32. The lowest BCUT2D eigenvalue weighted by molar-refractivity contribution is -0.148. The summed E-state index contributed by atoms with van der Waals surface area (Å²) in [4.78, 5) is 33.7. The topological polar surface area (TPSA) is 76.4 Å². The number of benzene rings is 2. The van der Waals surface area contributed by atoms with Crippen LogP contribution in [0.3, 0.4) is 0 Å². The van der Waals surface area contributed by atoms with Crippen molar-refractivity contribution in [2.24, 2.45) is 0 Å². The largest absolute Gasteiger partial charge is 0.475 e. The SMILES string of the molecule is O=C(O)C(=O)CC(=O)c1ccc2c(ccn2Cc2ccccc2)c1. The molecule has 0 aliphatic carbocycles. The zero-order valence-electron chi connectivity index (χ0n) is 12.8. The second-order valence-electron chi connectivity index (χ2n) is 5.53. The van der Waals surface area contributed by atoms with Gasteiger partial charge < -0.3 is 9.67 Å². The van der Waals surface area contributed by atoms with Gasteiger partial charge >= 0.3 is 5.97 Å². The summed E-state index contributed by atoms with van der Waals surface area (Å²) in [5.41, 5.74) is 2.48. The van der Waals surface area contributed by atoms with E-state index in [0.717, 1.165) is 17.4 Å². The Bertz CT molecular complexity index is 925. The van der Waals surface area contributed by atoms with Crippen molar-refractivity contribution in [1.82, 2.24) is 4.57 Å². The smallest absolute Gasteiger partial charge is 0.372 e. The molecule has 1 heterocycles. The first-order valence-electron chi connectivity index (χ1n) is 7.47. The highest BCUT2D eigenvalue weighted by Gasteiger charge is 2.18. The van der Waals surface area contributed by atoms with Gasteiger partial charge in [0, 0.05) is 29.2 Å². The number of Topliss-reactive ketones (excluding diaryl/α,β-unsaturated/α-hetero) is 2. The number of aromatic nitrogens is 1. The highest BCUT2D eigenvalue weighted by Crippen LogP contribution is 2.20. The average molecular weight is 321 g/mol. The lowest BCUT2D eigenvalue weighted by atomic mass is 10.0. The fourth-order valence-electron chi connectivity index (χ4n) is 2.62. The Morgan fingerprint density at radius 2 is 1.71 bits per heavy atom. The number of aliphatic carboxylic acids is 1. The van der Waals surface area contributed by atoms with Gasteiger partial charge in [-0.2, -0.15) is 0 Å². The molecule has 5 nitrogen and oxygen atoms in total. The second kappa shape index (κ2) is 6.50. The highest BCUT2D eigenvalue weighted by atomic mass is 16.4. The Morgan fingerprint density at radius 1 is 0.958 bits per heavy atom. The Kier molecular flexibility index (Phi) is 4.24. The number of carbonyl (C=O) groups is 3. The van der Waals surface area contributed by atoms with Crippen LogP contribution in [-0.4, -0.2) is 27.2 Å². The quantitative estimate of drug-likeness (QED) is 0.430. The predicted molar refractivity (Wildman–Crippen MR) is 89.1 cm³/mol. The van der Waals surface area contributed by atoms with Gasteiger partial charge in [0.15, 0.2) is 5.78 Å². The molecule has 2 aromatic carbocycles. The van der Waals surface area contributed by atoms with Gasteiger partial charge in [-0.3, -0.25) is 9.59 Å². The van der Waals surface area contributed by atoms with Gasteiger partial charge in [-0.1, -0.05) is 30.3 Å². The van der Waals surface area contributed by atoms with Crippen LogP contribution < -0.4 is 0 Å². The Morgan fingerprint density at radius 3 is 2.42 bits per heavy atom. The molecule has 0 unspecified atom stereocenters. The van der Waals surface area contributed by atoms with Gasteiger partial charge in [0.1, 0.15) is 0 Å². The summed E-state index contributed by atoms with van der Waals surface area (Å²) >= 11 is 0. The molecule has 3 rings (SSSR count). The standard InChI is InChI=1S/C19H15NO4/c21-17(11-18(22)19(23)24)15-6-7-16-14(10-15)8-9-20(16)12-13-4-2-1-3-5-13/h1-10H,11-12H2,(H,23,24). The van der Waals surface area contributed by atoms with E-state index >= 15 is 0 Å². The maximum atomic E-state index is 12.0. The van der Waals surface area contributed by atoms with Crippen molar-refractivity contribution in [2.45, 2.75) is 13.0 Å². The summed E-state index contributed by atoms with van der Waals surface area (Å²) in [6, 6.07) is 17.0. The predicted octanol–water partition coefficient (Wildman–Crippen LogP) is 2.92. The molecule has 120 valence electrons. The Labute approximate surface area is 138 Å². The number of carboxylic acid groups (broad SMARTS) is 1. The van der Waals surface area contributed by atoms with Crippen molar-refractivity contribution in [3.8, 4) is 0 Å². The van der Waals surface area contributed by atoms with Gasteiger partial charge in [0.05, 0.1) is 6.42 Å². The first-order chi connectivity index (χ1) is 11.5. The van der Waals surface area contributed by atoms with Crippen molar-refractivity contribution < 1.29 is 19.5 Å². The number of hydrogen-bond donors (Lipinski definition) is 1. The minimum Gasteiger partial charge on any atom is -0.475 e. The van der Waals surface area contributed by atoms with Gasteiger partial charge in [-0.15, -0.1) is 0 Å². The number of ketones is 2. The van der Waals surface area contributed by atoms with Gasteiger partial charge in [0.2, 0.25) is 5.78 Å². The van der Waals surface area contributed by atoms with Crippen molar-refractivity contribution >= 4 is 28.4 Å². The minimum absolute atomic E-state index is 0.342. The maximum absolute atomic E-state index is 12.0. The number of fused-ring (bicyclic) bond motifs is 1. The van der Waals surface area contributed by atoms with Crippen LogP contribution >= 0.6 is 0 Å². The molecule has 0 atom stereocenters. The van der Waals surface area contributed by atoms with Crippen LogP contribution in [0.5, 0.6) is 0 Å². The fraction of sp³-hybridized carbons (Fsp3) is 0.105. The van der Waals surface area contributed by atoms with E-state index in [1.165, 1.54) is 5.56 Å². The van der Waals surface area contributed by atoms with E-state index in [1.807, 2.05) is 48.7 Å². The molecule has 1 aromatic heterocycles. The molecule has 0 aliphatic heterocycles. The average Bonchev–Trinajstić information content (AvgIpc) is 2.98. The summed E-state index contributed by atoms with van der Waals surface area (Å²) in [7, 11) is 0. The van der Waals surface area contributed by atoms with E-state index in [2.05, 4.69) is 4.57 Å². The lowest BCUT2D eigenvalue weighted by Gasteiger charge is -2.06. The van der Waals surface area contributed by atoms with Crippen LogP contribution in [-0.2, 0) is 16.1 Å². The zero-order chi connectivity index (χ0) is 17.1. The van der Waals surface area contributed by atoms with E-state index in [4.69, 9.17) is 5.11 Å². The normalized spacial score (nSPS) is 10.7. The Balaban J connectivity index is 1.84. The fourth-order valence-corrected chi connectivity index (χ4v) is 2.62. The van der Waals surface area contributed by atoms with Crippen LogP contribution in [0.15, 0.2) is 60.8 Å². The summed E-state index contributed by atoms with van der Waals surface area (Å²) in [6.45, 7) is 0.717. The monoisotopic (exact) mass is 321 g/mol. The second-order valence-corrected chi connectivity index (χ2v) is 5.53. The zero-order valence-corrected chi connectivity index (χ0v) is 12.8. The molecule has 0 aliphatic rings. The summed E-state index contributed by atoms with van der Waals surface area (Å²) in [5, 5.41) is 9.46. The molecule has 0 fully saturated rings. The third-order valence-electron chi connectivity index (χ3n) is 3.85.